The number of aromatic nitrogens is 3. The van der Waals surface area contributed by atoms with E-state index in [0.717, 1.165) is 24.1 Å². The quantitative estimate of drug-likeness (QED) is 0.113. The van der Waals surface area contributed by atoms with E-state index in [1.807, 2.05) is 24.3 Å². The summed E-state index contributed by atoms with van der Waals surface area (Å²) in [5.41, 5.74) is 1.59. The Labute approximate surface area is 250 Å². The lowest BCUT2D eigenvalue weighted by molar-refractivity contribution is 0.0942. The van der Waals surface area contributed by atoms with Crippen molar-refractivity contribution in [2.24, 2.45) is 0 Å². The van der Waals surface area contributed by atoms with E-state index >= 15 is 0 Å². The van der Waals surface area contributed by atoms with Crippen LogP contribution in [0.3, 0.4) is 0 Å². The highest BCUT2D eigenvalue weighted by Crippen LogP contribution is 2.24. The highest BCUT2D eigenvalue weighted by atomic mass is 35.5. The topological polar surface area (TPSA) is 59.8 Å². The monoisotopic (exact) mass is 582 g/mol. The third-order valence-electron chi connectivity index (χ3n) is 6.96. The van der Waals surface area contributed by atoms with E-state index < -0.39 is 0 Å². The summed E-state index contributed by atoms with van der Waals surface area (Å²) in [4.78, 5) is 17.4. The number of amides is 1. The van der Waals surface area contributed by atoms with Gasteiger partial charge in [0.25, 0.3) is 5.91 Å². The van der Waals surface area contributed by atoms with E-state index in [0.29, 0.717) is 22.4 Å². The molecule has 3 rings (SSSR count). The summed E-state index contributed by atoms with van der Waals surface area (Å²) in [6, 6.07) is 14.6. The predicted octanol–water partition coefficient (Wildman–Crippen LogP) is 10.0. The Morgan fingerprint density at radius 1 is 0.750 bits per heavy atom. The molecule has 216 valence electrons. The number of rotatable bonds is 19. The second-order valence-electron chi connectivity index (χ2n) is 10.3. The summed E-state index contributed by atoms with van der Waals surface area (Å²) in [7, 11) is 0. The molecule has 0 spiro atoms. The summed E-state index contributed by atoms with van der Waals surface area (Å²) in [5.74, 6) is 0.446. The molecule has 0 saturated carbocycles. The Kier molecular flexibility index (Phi) is 14.9. The first kappa shape index (κ1) is 31.9. The molecular formula is C33H44Cl2N4O. The molecule has 0 aliphatic carbocycles. The van der Waals surface area contributed by atoms with Crippen molar-refractivity contribution >= 4 is 29.1 Å². The summed E-state index contributed by atoms with van der Waals surface area (Å²) in [6.07, 6.45) is 22.4. The maximum atomic E-state index is 12.8. The molecule has 3 aromatic rings. The van der Waals surface area contributed by atoms with Gasteiger partial charge in [-0.05, 0) is 80.6 Å². The zero-order chi connectivity index (χ0) is 28.4. The molecule has 0 atom stereocenters. The molecule has 0 aliphatic heterocycles. The summed E-state index contributed by atoms with van der Waals surface area (Å²) in [6.45, 7) is 2.88. The minimum absolute atomic E-state index is 0.143. The molecule has 0 aliphatic rings. The molecule has 0 fully saturated rings. The van der Waals surface area contributed by atoms with Crippen LogP contribution in [0.1, 0.15) is 107 Å². The van der Waals surface area contributed by atoms with Crippen LogP contribution in [0.25, 0.3) is 17.1 Å². The van der Waals surface area contributed by atoms with Crippen LogP contribution >= 0.6 is 23.2 Å². The van der Waals surface area contributed by atoms with Crippen molar-refractivity contribution in [2.75, 3.05) is 6.54 Å². The second kappa shape index (κ2) is 18.7. The van der Waals surface area contributed by atoms with Crippen molar-refractivity contribution in [3.05, 3.63) is 76.6 Å². The van der Waals surface area contributed by atoms with E-state index in [2.05, 4.69) is 34.5 Å². The van der Waals surface area contributed by atoms with Crippen LogP contribution in [0.4, 0.5) is 0 Å². The van der Waals surface area contributed by atoms with Crippen LogP contribution in [0, 0.1) is 0 Å². The molecule has 5 nitrogen and oxygen atoms in total. The minimum Gasteiger partial charge on any atom is -0.349 e. The normalized spacial score (nSPS) is 11.4. The third kappa shape index (κ3) is 11.5. The van der Waals surface area contributed by atoms with Crippen LogP contribution in [-0.2, 0) is 0 Å². The molecule has 0 bridgehead atoms. The van der Waals surface area contributed by atoms with E-state index in [1.165, 1.54) is 77.0 Å². The number of nitrogens with zero attached hydrogens (tertiary/aromatic N) is 3. The molecule has 2 aromatic carbocycles. The molecular weight excluding hydrogens is 539 g/mol. The van der Waals surface area contributed by atoms with Crippen molar-refractivity contribution in [3.63, 3.8) is 0 Å². The SMILES string of the molecule is CCCCCCCC/C=C\CCCCCCCCNC(=O)c1nc(-c2ccc(Cl)cc2)n(-c2ccc(Cl)cc2)n1. The summed E-state index contributed by atoms with van der Waals surface area (Å²) >= 11 is 12.1. The lowest BCUT2D eigenvalue weighted by Gasteiger charge is -2.06. The summed E-state index contributed by atoms with van der Waals surface area (Å²) < 4.78 is 1.66. The van der Waals surface area contributed by atoms with Gasteiger partial charge in [0.2, 0.25) is 5.82 Å². The molecule has 0 unspecified atom stereocenters. The molecule has 0 radical (unpaired) electrons. The number of hydrogen-bond acceptors (Lipinski definition) is 3. The Hall–Kier alpha value is -2.63. The fraction of sp³-hybridized carbons (Fsp3) is 0.485. The minimum atomic E-state index is -0.268. The number of unbranched alkanes of at least 4 members (excludes halogenated alkanes) is 12. The molecule has 1 heterocycles. The lowest BCUT2D eigenvalue weighted by atomic mass is 10.1. The van der Waals surface area contributed by atoms with Crippen molar-refractivity contribution < 1.29 is 4.79 Å². The van der Waals surface area contributed by atoms with Crippen LogP contribution in [-0.4, -0.2) is 27.2 Å². The standard InChI is InChI=1S/C33H44Cl2N4O/c1-2-3-4-5-6-7-8-9-10-11-12-13-14-15-16-17-26-36-33(40)31-37-32(27-18-20-28(34)21-19-27)39(38-31)30-24-22-29(35)23-25-30/h9-10,18-25H,2-8,11-17,26H2,1H3,(H,36,40)/b10-9-. The number of hydrogen-bond donors (Lipinski definition) is 1. The van der Waals surface area contributed by atoms with Crippen molar-refractivity contribution in [3.8, 4) is 17.1 Å². The first-order valence-corrected chi connectivity index (χ1v) is 15.8. The van der Waals surface area contributed by atoms with E-state index in [4.69, 9.17) is 23.2 Å². The Morgan fingerprint density at radius 3 is 1.88 bits per heavy atom. The molecule has 40 heavy (non-hydrogen) atoms. The Balaban J connectivity index is 1.34. The van der Waals surface area contributed by atoms with E-state index in [-0.39, 0.29) is 11.7 Å². The van der Waals surface area contributed by atoms with Gasteiger partial charge in [0.1, 0.15) is 0 Å². The molecule has 0 saturated heterocycles. The van der Waals surface area contributed by atoms with Crippen LogP contribution in [0.5, 0.6) is 0 Å². The second-order valence-corrected chi connectivity index (χ2v) is 11.2. The lowest BCUT2D eigenvalue weighted by Crippen LogP contribution is -2.25. The van der Waals surface area contributed by atoms with Crippen LogP contribution in [0.2, 0.25) is 10.0 Å². The predicted molar refractivity (Wildman–Crippen MR) is 169 cm³/mol. The van der Waals surface area contributed by atoms with Gasteiger partial charge >= 0.3 is 0 Å². The van der Waals surface area contributed by atoms with Gasteiger partial charge in [0.05, 0.1) is 5.69 Å². The van der Waals surface area contributed by atoms with Gasteiger partial charge in [-0.3, -0.25) is 4.79 Å². The highest BCUT2D eigenvalue weighted by molar-refractivity contribution is 6.30. The van der Waals surface area contributed by atoms with Gasteiger partial charge in [0.15, 0.2) is 5.82 Å². The Morgan fingerprint density at radius 2 is 1.27 bits per heavy atom. The number of nitrogens with one attached hydrogen (secondary N) is 1. The summed E-state index contributed by atoms with van der Waals surface area (Å²) in [5, 5.41) is 8.76. The van der Waals surface area contributed by atoms with Crippen molar-refractivity contribution in [1.29, 1.82) is 0 Å². The number of halogens is 2. The average molecular weight is 584 g/mol. The maximum Gasteiger partial charge on any atom is 0.290 e. The number of benzene rings is 2. The fourth-order valence-corrected chi connectivity index (χ4v) is 4.86. The van der Waals surface area contributed by atoms with Gasteiger partial charge in [0, 0.05) is 22.2 Å². The third-order valence-corrected chi connectivity index (χ3v) is 7.46. The van der Waals surface area contributed by atoms with Gasteiger partial charge in [-0.1, -0.05) is 100 Å². The first-order valence-electron chi connectivity index (χ1n) is 15.0. The zero-order valence-corrected chi connectivity index (χ0v) is 25.4. The van der Waals surface area contributed by atoms with Crippen LogP contribution < -0.4 is 5.32 Å². The Bertz CT molecular complexity index is 1090. The molecule has 1 N–H and O–H groups in total. The van der Waals surface area contributed by atoms with Crippen LogP contribution in [0.15, 0.2) is 60.7 Å². The fourth-order valence-electron chi connectivity index (χ4n) is 4.61. The number of allylic oxidation sites excluding steroid dienone is 2. The van der Waals surface area contributed by atoms with Gasteiger partial charge < -0.3 is 5.32 Å². The van der Waals surface area contributed by atoms with E-state index in [1.54, 1.807) is 28.9 Å². The van der Waals surface area contributed by atoms with Crippen molar-refractivity contribution in [1.82, 2.24) is 20.1 Å². The van der Waals surface area contributed by atoms with Crippen molar-refractivity contribution in [2.45, 2.75) is 96.8 Å². The average Bonchev–Trinajstić information content (AvgIpc) is 3.41. The number of carbonyl (C=O) groups is 1. The smallest absolute Gasteiger partial charge is 0.290 e. The van der Waals surface area contributed by atoms with Gasteiger partial charge in [-0.2, -0.15) is 0 Å². The zero-order valence-electron chi connectivity index (χ0n) is 23.9. The van der Waals surface area contributed by atoms with E-state index in [9.17, 15) is 4.79 Å². The first-order chi connectivity index (χ1) is 19.6. The molecule has 1 aromatic heterocycles. The molecule has 7 heteroatoms. The highest BCUT2D eigenvalue weighted by Gasteiger charge is 2.18. The molecule has 1 amide bonds. The van der Waals surface area contributed by atoms with Gasteiger partial charge in [-0.15, -0.1) is 5.10 Å². The van der Waals surface area contributed by atoms with Gasteiger partial charge in [-0.25, -0.2) is 9.67 Å². The maximum absolute atomic E-state index is 12.8. The largest absolute Gasteiger partial charge is 0.349 e. The number of carbonyl (C=O) groups excluding carboxylic acids is 1.